The van der Waals surface area contributed by atoms with Crippen molar-refractivity contribution in [3.8, 4) is 0 Å². The van der Waals surface area contributed by atoms with Gasteiger partial charge in [0, 0.05) is 19.0 Å². The Balaban J connectivity index is 1.99. The van der Waals surface area contributed by atoms with Crippen molar-refractivity contribution >= 4 is 0 Å². The summed E-state index contributed by atoms with van der Waals surface area (Å²) in [6.45, 7) is 7.72. The molecule has 0 spiro atoms. The number of aromatic nitrogens is 3. The normalized spacial score (nSPS) is 25.2. The molecule has 1 aromatic rings. The molecule has 1 aliphatic rings. The zero-order chi connectivity index (χ0) is 12.4. The van der Waals surface area contributed by atoms with Crippen LogP contribution >= 0.6 is 0 Å². The summed E-state index contributed by atoms with van der Waals surface area (Å²) in [5.41, 5.74) is 0. The standard InChI is InChI=1S/C13H24N4/c1-9(2)7-17-13(15-8-16-17)6-12(14-4)11-5-10(11)3/h8-12,14H,5-7H2,1-4H3. The van der Waals surface area contributed by atoms with Gasteiger partial charge >= 0.3 is 0 Å². The quantitative estimate of drug-likeness (QED) is 0.818. The number of nitrogens with one attached hydrogen (secondary N) is 1. The van der Waals surface area contributed by atoms with Gasteiger partial charge in [0.15, 0.2) is 0 Å². The fraction of sp³-hybridized carbons (Fsp3) is 0.846. The molecule has 0 amide bonds. The van der Waals surface area contributed by atoms with E-state index in [0.29, 0.717) is 12.0 Å². The van der Waals surface area contributed by atoms with E-state index in [1.54, 1.807) is 6.33 Å². The molecule has 17 heavy (non-hydrogen) atoms. The molecule has 96 valence electrons. The van der Waals surface area contributed by atoms with Gasteiger partial charge in [0.2, 0.25) is 0 Å². The molecule has 3 unspecified atom stereocenters. The van der Waals surface area contributed by atoms with E-state index >= 15 is 0 Å². The molecule has 0 aliphatic heterocycles. The molecule has 4 nitrogen and oxygen atoms in total. The van der Waals surface area contributed by atoms with Crippen molar-refractivity contribution in [2.45, 2.75) is 46.2 Å². The Bertz CT molecular complexity index is 358. The molecule has 1 fully saturated rings. The van der Waals surface area contributed by atoms with E-state index < -0.39 is 0 Å². The maximum Gasteiger partial charge on any atom is 0.138 e. The van der Waals surface area contributed by atoms with Gasteiger partial charge < -0.3 is 5.32 Å². The lowest BCUT2D eigenvalue weighted by Gasteiger charge is -2.16. The second kappa shape index (κ2) is 5.17. The Kier molecular flexibility index (Phi) is 3.82. The first-order valence-corrected chi connectivity index (χ1v) is 6.65. The Morgan fingerprint density at radius 3 is 2.76 bits per heavy atom. The second-order valence-electron chi connectivity index (χ2n) is 5.73. The second-order valence-corrected chi connectivity index (χ2v) is 5.73. The molecule has 4 heteroatoms. The van der Waals surface area contributed by atoms with Crippen molar-refractivity contribution < 1.29 is 0 Å². The minimum absolute atomic E-state index is 0.556. The lowest BCUT2D eigenvalue weighted by atomic mass is 10.1. The third-order valence-corrected chi connectivity index (χ3v) is 3.70. The van der Waals surface area contributed by atoms with Crippen LogP contribution in [0.2, 0.25) is 0 Å². The third-order valence-electron chi connectivity index (χ3n) is 3.70. The van der Waals surface area contributed by atoms with E-state index in [0.717, 1.165) is 30.6 Å². The van der Waals surface area contributed by atoms with Crippen LogP contribution in [-0.4, -0.2) is 27.9 Å². The molecule has 0 saturated heterocycles. The average molecular weight is 236 g/mol. The van der Waals surface area contributed by atoms with Gasteiger partial charge in [0.05, 0.1) is 0 Å². The summed E-state index contributed by atoms with van der Waals surface area (Å²) in [7, 11) is 2.05. The summed E-state index contributed by atoms with van der Waals surface area (Å²) in [6, 6.07) is 0.556. The molecule has 1 saturated carbocycles. The van der Waals surface area contributed by atoms with Crippen molar-refractivity contribution in [2.24, 2.45) is 17.8 Å². The zero-order valence-electron chi connectivity index (χ0n) is 11.3. The molecule has 3 atom stereocenters. The maximum atomic E-state index is 4.40. The van der Waals surface area contributed by atoms with Crippen LogP contribution in [0.25, 0.3) is 0 Å². The van der Waals surface area contributed by atoms with Gasteiger partial charge in [-0.05, 0) is 31.2 Å². The summed E-state index contributed by atoms with van der Waals surface area (Å²) in [4.78, 5) is 4.40. The minimum Gasteiger partial charge on any atom is -0.316 e. The first-order chi connectivity index (χ1) is 8.11. The predicted octanol–water partition coefficient (Wildman–Crippen LogP) is 1.72. The highest BCUT2D eigenvalue weighted by Gasteiger charge is 2.39. The molecule has 1 N–H and O–H groups in total. The van der Waals surface area contributed by atoms with Gasteiger partial charge in [-0.25, -0.2) is 9.67 Å². The number of nitrogens with zero attached hydrogens (tertiary/aromatic N) is 3. The molecule has 0 bridgehead atoms. The third kappa shape index (κ3) is 3.06. The first-order valence-electron chi connectivity index (χ1n) is 6.65. The van der Waals surface area contributed by atoms with Crippen molar-refractivity contribution in [2.75, 3.05) is 7.05 Å². The smallest absolute Gasteiger partial charge is 0.138 e. The highest BCUT2D eigenvalue weighted by Crippen LogP contribution is 2.41. The SMILES string of the molecule is CNC(Cc1ncnn1CC(C)C)C1CC1C. The molecule has 1 heterocycles. The number of hydrogen-bond acceptors (Lipinski definition) is 3. The fourth-order valence-corrected chi connectivity index (χ4v) is 2.52. The van der Waals surface area contributed by atoms with E-state index in [1.807, 2.05) is 0 Å². The lowest BCUT2D eigenvalue weighted by Crippen LogP contribution is -2.31. The number of hydrogen-bond donors (Lipinski definition) is 1. The Hall–Kier alpha value is -0.900. The van der Waals surface area contributed by atoms with E-state index in [2.05, 4.69) is 47.9 Å². The zero-order valence-corrected chi connectivity index (χ0v) is 11.3. The van der Waals surface area contributed by atoms with Gasteiger partial charge in [-0.3, -0.25) is 0 Å². The van der Waals surface area contributed by atoms with Gasteiger partial charge in [-0.2, -0.15) is 5.10 Å². The molecular weight excluding hydrogens is 212 g/mol. The molecule has 1 aliphatic carbocycles. The Morgan fingerprint density at radius 2 is 2.24 bits per heavy atom. The summed E-state index contributed by atoms with van der Waals surface area (Å²) in [5, 5.41) is 7.75. The molecule has 1 aromatic heterocycles. The van der Waals surface area contributed by atoms with Gasteiger partial charge in [0.25, 0.3) is 0 Å². The number of likely N-dealkylation sites (N-methyl/N-ethyl adjacent to an activating group) is 1. The average Bonchev–Trinajstić information content (AvgIpc) is 2.83. The minimum atomic E-state index is 0.556. The van der Waals surface area contributed by atoms with Crippen LogP contribution < -0.4 is 5.32 Å². The van der Waals surface area contributed by atoms with Crippen LogP contribution in [0, 0.1) is 17.8 Å². The molecule has 2 rings (SSSR count). The van der Waals surface area contributed by atoms with Crippen LogP contribution in [0.1, 0.15) is 33.0 Å². The summed E-state index contributed by atoms with van der Waals surface area (Å²) < 4.78 is 2.06. The van der Waals surface area contributed by atoms with Crippen molar-refractivity contribution in [3.05, 3.63) is 12.2 Å². The summed E-state index contributed by atoms with van der Waals surface area (Å²) in [5.74, 6) is 3.43. The van der Waals surface area contributed by atoms with Crippen molar-refractivity contribution in [3.63, 3.8) is 0 Å². The van der Waals surface area contributed by atoms with E-state index in [4.69, 9.17) is 0 Å². The molecule has 0 aromatic carbocycles. The molecular formula is C13H24N4. The van der Waals surface area contributed by atoms with Crippen molar-refractivity contribution in [1.82, 2.24) is 20.1 Å². The highest BCUT2D eigenvalue weighted by molar-refractivity contribution is 4.98. The first kappa shape index (κ1) is 12.6. The van der Waals surface area contributed by atoms with Gasteiger partial charge in [-0.15, -0.1) is 0 Å². The topological polar surface area (TPSA) is 42.7 Å². The summed E-state index contributed by atoms with van der Waals surface area (Å²) in [6.07, 6.45) is 4.03. The van der Waals surface area contributed by atoms with Crippen LogP contribution in [0.5, 0.6) is 0 Å². The van der Waals surface area contributed by atoms with Crippen LogP contribution in [0.15, 0.2) is 6.33 Å². The Labute approximate surface area is 104 Å². The highest BCUT2D eigenvalue weighted by atomic mass is 15.3. The lowest BCUT2D eigenvalue weighted by molar-refractivity contribution is 0.426. The van der Waals surface area contributed by atoms with Crippen LogP contribution in [-0.2, 0) is 13.0 Å². The van der Waals surface area contributed by atoms with Crippen LogP contribution in [0.4, 0.5) is 0 Å². The van der Waals surface area contributed by atoms with Crippen molar-refractivity contribution in [1.29, 1.82) is 0 Å². The molecule has 0 radical (unpaired) electrons. The predicted molar refractivity (Wildman–Crippen MR) is 68.7 cm³/mol. The Morgan fingerprint density at radius 1 is 1.53 bits per heavy atom. The van der Waals surface area contributed by atoms with Gasteiger partial charge in [-0.1, -0.05) is 20.8 Å². The van der Waals surface area contributed by atoms with E-state index in [-0.39, 0.29) is 0 Å². The van der Waals surface area contributed by atoms with Gasteiger partial charge in [0.1, 0.15) is 12.2 Å². The number of rotatable bonds is 6. The largest absolute Gasteiger partial charge is 0.316 e. The van der Waals surface area contributed by atoms with E-state index in [9.17, 15) is 0 Å². The maximum absolute atomic E-state index is 4.40. The fourth-order valence-electron chi connectivity index (χ4n) is 2.52. The monoisotopic (exact) mass is 236 g/mol. The van der Waals surface area contributed by atoms with Crippen LogP contribution in [0.3, 0.4) is 0 Å². The summed E-state index contributed by atoms with van der Waals surface area (Å²) >= 11 is 0. The van der Waals surface area contributed by atoms with E-state index in [1.165, 1.54) is 6.42 Å².